The molecule has 5 heteroatoms. The number of thiophene rings is 1. The van der Waals surface area contributed by atoms with Gasteiger partial charge in [0.25, 0.3) is 0 Å². The minimum atomic E-state index is 0.648. The second-order valence-corrected chi connectivity index (χ2v) is 3.45. The summed E-state index contributed by atoms with van der Waals surface area (Å²) in [6.45, 7) is 0. The Bertz CT molecular complexity index is 423. The van der Waals surface area contributed by atoms with E-state index in [9.17, 15) is 0 Å². The molecule has 2 N–H and O–H groups in total. The highest BCUT2D eigenvalue weighted by Gasteiger charge is 2.05. The summed E-state index contributed by atoms with van der Waals surface area (Å²) in [4.78, 5) is 8.60. The fourth-order valence-corrected chi connectivity index (χ4v) is 1.97. The number of nitrogens with zero attached hydrogens (tertiary/aromatic N) is 2. The Morgan fingerprint density at radius 1 is 1.23 bits per heavy atom. The monoisotopic (exact) mass is 194 g/mol. The van der Waals surface area contributed by atoms with E-state index in [0.717, 1.165) is 16.0 Å². The summed E-state index contributed by atoms with van der Waals surface area (Å²) in [7, 11) is 3.67. The molecular weight excluding hydrogens is 184 g/mol. The second kappa shape index (κ2) is 3.18. The third kappa shape index (κ3) is 1.31. The molecule has 0 aromatic carbocycles. The van der Waals surface area contributed by atoms with Crippen molar-refractivity contribution in [3.63, 3.8) is 0 Å². The standard InChI is InChI=1S/C8H10N4S/c1-9-7-6-5(3-4-13-6)11-8(10-2)12-7/h3-4H,1-2H3,(H2,9,10,11,12). The Labute approximate surface area is 80.0 Å². The van der Waals surface area contributed by atoms with E-state index in [1.807, 2.05) is 25.5 Å². The smallest absolute Gasteiger partial charge is 0.225 e. The molecule has 4 nitrogen and oxygen atoms in total. The van der Waals surface area contributed by atoms with Gasteiger partial charge >= 0.3 is 0 Å². The molecule has 0 spiro atoms. The Hall–Kier alpha value is -1.36. The van der Waals surface area contributed by atoms with Crippen molar-refractivity contribution in [3.05, 3.63) is 11.4 Å². The van der Waals surface area contributed by atoms with Gasteiger partial charge in [-0.15, -0.1) is 11.3 Å². The van der Waals surface area contributed by atoms with Crippen molar-refractivity contribution in [3.8, 4) is 0 Å². The lowest BCUT2D eigenvalue weighted by molar-refractivity contribution is 1.19. The van der Waals surface area contributed by atoms with Crippen LogP contribution in [-0.2, 0) is 0 Å². The van der Waals surface area contributed by atoms with Crippen LogP contribution in [0, 0.1) is 0 Å². The van der Waals surface area contributed by atoms with Crippen LogP contribution < -0.4 is 10.6 Å². The first-order valence-corrected chi connectivity index (χ1v) is 4.84. The zero-order valence-corrected chi connectivity index (χ0v) is 8.27. The van der Waals surface area contributed by atoms with E-state index in [2.05, 4.69) is 20.6 Å². The SMILES string of the molecule is CNc1nc(NC)c2sccc2n1. The number of nitrogens with one attached hydrogen (secondary N) is 2. The lowest BCUT2D eigenvalue weighted by Crippen LogP contribution is -2.00. The molecule has 0 aliphatic rings. The van der Waals surface area contributed by atoms with Crippen molar-refractivity contribution >= 4 is 33.3 Å². The van der Waals surface area contributed by atoms with Crippen molar-refractivity contribution in [1.82, 2.24) is 9.97 Å². The van der Waals surface area contributed by atoms with Gasteiger partial charge in [0.1, 0.15) is 5.82 Å². The van der Waals surface area contributed by atoms with E-state index in [-0.39, 0.29) is 0 Å². The first-order chi connectivity index (χ1) is 6.35. The summed E-state index contributed by atoms with van der Waals surface area (Å²) in [6.07, 6.45) is 0. The van der Waals surface area contributed by atoms with Gasteiger partial charge in [-0.05, 0) is 11.4 Å². The first kappa shape index (κ1) is 8.25. The van der Waals surface area contributed by atoms with Crippen molar-refractivity contribution in [2.45, 2.75) is 0 Å². The normalized spacial score (nSPS) is 10.3. The molecule has 0 atom stereocenters. The molecule has 0 radical (unpaired) electrons. The maximum absolute atomic E-state index is 4.31. The van der Waals surface area contributed by atoms with Crippen molar-refractivity contribution < 1.29 is 0 Å². The van der Waals surface area contributed by atoms with Gasteiger partial charge in [-0.25, -0.2) is 4.98 Å². The maximum Gasteiger partial charge on any atom is 0.225 e. The Morgan fingerprint density at radius 2 is 2.08 bits per heavy atom. The van der Waals surface area contributed by atoms with Crippen LogP contribution >= 0.6 is 11.3 Å². The highest BCUT2D eigenvalue weighted by atomic mass is 32.1. The van der Waals surface area contributed by atoms with Crippen LogP contribution in [0.4, 0.5) is 11.8 Å². The summed E-state index contributed by atoms with van der Waals surface area (Å²) in [5.74, 6) is 1.53. The fourth-order valence-electron chi connectivity index (χ4n) is 1.14. The molecule has 2 aromatic rings. The largest absolute Gasteiger partial charge is 0.372 e. The van der Waals surface area contributed by atoms with Crippen LogP contribution in [0.2, 0.25) is 0 Å². The predicted molar refractivity (Wildman–Crippen MR) is 56.5 cm³/mol. The molecule has 2 heterocycles. The van der Waals surface area contributed by atoms with Crippen LogP contribution in [0.25, 0.3) is 10.2 Å². The summed E-state index contributed by atoms with van der Waals surface area (Å²) in [6, 6.07) is 1.99. The van der Waals surface area contributed by atoms with Crippen molar-refractivity contribution in [2.24, 2.45) is 0 Å². The molecule has 0 aliphatic carbocycles. The van der Waals surface area contributed by atoms with Crippen molar-refractivity contribution in [2.75, 3.05) is 24.7 Å². The Balaban J connectivity index is 2.70. The van der Waals surface area contributed by atoms with Gasteiger partial charge in [0, 0.05) is 14.1 Å². The Kier molecular flexibility index (Phi) is 2.02. The molecule has 0 saturated carbocycles. The van der Waals surface area contributed by atoms with Gasteiger partial charge in [0.15, 0.2) is 0 Å². The van der Waals surface area contributed by atoms with E-state index < -0.39 is 0 Å². The Morgan fingerprint density at radius 3 is 2.77 bits per heavy atom. The number of rotatable bonds is 2. The van der Waals surface area contributed by atoms with Crippen LogP contribution in [0.15, 0.2) is 11.4 Å². The molecule has 2 aromatic heterocycles. The molecule has 2 rings (SSSR count). The molecular formula is C8H10N4S. The molecule has 0 aliphatic heterocycles. The molecule has 13 heavy (non-hydrogen) atoms. The highest BCUT2D eigenvalue weighted by Crippen LogP contribution is 2.26. The summed E-state index contributed by atoms with van der Waals surface area (Å²) in [5.41, 5.74) is 0.980. The molecule has 0 fully saturated rings. The number of fused-ring (bicyclic) bond motifs is 1. The van der Waals surface area contributed by atoms with Crippen LogP contribution in [0.3, 0.4) is 0 Å². The summed E-state index contributed by atoms with van der Waals surface area (Å²) < 4.78 is 1.10. The summed E-state index contributed by atoms with van der Waals surface area (Å²) >= 11 is 1.64. The first-order valence-electron chi connectivity index (χ1n) is 3.96. The minimum Gasteiger partial charge on any atom is -0.372 e. The average molecular weight is 194 g/mol. The topological polar surface area (TPSA) is 49.8 Å². The maximum atomic E-state index is 4.31. The molecule has 0 amide bonds. The number of hydrogen-bond donors (Lipinski definition) is 2. The average Bonchev–Trinajstić information content (AvgIpc) is 2.63. The van der Waals surface area contributed by atoms with Crippen LogP contribution in [0.1, 0.15) is 0 Å². The van der Waals surface area contributed by atoms with Gasteiger partial charge in [-0.3, -0.25) is 0 Å². The quantitative estimate of drug-likeness (QED) is 0.765. The van der Waals surface area contributed by atoms with Gasteiger partial charge in [0.2, 0.25) is 5.95 Å². The predicted octanol–water partition coefficient (Wildman–Crippen LogP) is 1.77. The van der Waals surface area contributed by atoms with Gasteiger partial charge in [-0.2, -0.15) is 4.98 Å². The molecule has 0 bridgehead atoms. The van der Waals surface area contributed by atoms with Crippen molar-refractivity contribution in [1.29, 1.82) is 0 Å². The summed E-state index contributed by atoms with van der Waals surface area (Å²) in [5, 5.41) is 7.99. The third-order valence-electron chi connectivity index (χ3n) is 1.76. The number of anilines is 2. The van der Waals surface area contributed by atoms with E-state index >= 15 is 0 Å². The van der Waals surface area contributed by atoms with Crippen LogP contribution in [-0.4, -0.2) is 24.1 Å². The van der Waals surface area contributed by atoms with E-state index in [1.165, 1.54) is 0 Å². The van der Waals surface area contributed by atoms with Gasteiger partial charge < -0.3 is 10.6 Å². The van der Waals surface area contributed by atoms with E-state index in [4.69, 9.17) is 0 Å². The lowest BCUT2D eigenvalue weighted by Gasteiger charge is -2.03. The van der Waals surface area contributed by atoms with Gasteiger partial charge in [-0.1, -0.05) is 0 Å². The zero-order chi connectivity index (χ0) is 9.26. The van der Waals surface area contributed by atoms with Crippen LogP contribution in [0.5, 0.6) is 0 Å². The van der Waals surface area contributed by atoms with Gasteiger partial charge in [0.05, 0.1) is 10.2 Å². The molecule has 0 unspecified atom stereocenters. The zero-order valence-electron chi connectivity index (χ0n) is 7.46. The van der Waals surface area contributed by atoms with E-state index in [1.54, 1.807) is 11.3 Å². The molecule has 68 valence electrons. The molecule has 0 saturated heterocycles. The van der Waals surface area contributed by atoms with E-state index in [0.29, 0.717) is 5.95 Å². The number of hydrogen-bond acceptors (Lipinski definition) is 5. The minimum absolute atomic E-state index is 0.648. The lowest BCUT2D eigenvalue weighted by atomic mass is 10.4. The number of aromatic nitrogens is 2. The second-order valence-electron chi connectivity index (χ2n) is 2.53. The third-order valence-corrected chi connectivity index (χ3v) is 2.67. The fraction of sp³-hybridized carbons (Fsp3) is 0.250. The highest BCUT2D eigenvalue weighted by molar-refractivity contribution is 7.17.